The van der Waals surface area contributed by atoms with E-state index in [1.54, 1.807) is 0 Å². The van der Waals surface area contributed by atoms with Gasteiger partial charge < -0.3 is 28.5 Å². The summed E-state index contributed by atoms with van der Waals surface area (Å²) >= 11 is 0. The average Bonchev–Trinajstić information content (AvgIpc) is 2.65. The van der Waals surface area contributed by atoms with Gasteiger partial charge in [-0.25, -0.2) is 13.4 Å². The van der Waals surface area contributed by atoms with Gasteiger partial charge in [0, 0.05) is 5.56 Å². The Morgan fingerprint density at radius 2 is 1.72 bits per heavy atom. The minimum Gasteiger partial charge on any atom is -0.790 e. The number of nitrogens with zero attached hydrogens (tertiary/aromatic N) is 3. The standard InChI is InChI=1S/C14H13N3O9PS.4Na.O3S/c1-8-13(19)11(6-18)12(7-26-27(20,21)22)14(15-8)17-16-9-3-2-4-10(5-9)28(23,24)25;;;;;1-4(2)3/h2,4-6,19H,7H2,1H3,(H2,20,21,22)(H,23,24,25);;;;;/q-1;4*+1;/p-3. The number of phosphoric ester groups is 1. The topological polar surface area (TPSA) is 256 Å². The van der Waals surface area contributed by atoms with Crippen molar-refractivity contribution in [1.82, 2.24) is 4.98 Å². The average molecular weight is 599 g/mol. The van der Waals surface area contributed by atoms with Gasteiger partial charge in [0.05, 0.1) is 25.7 Å². The van der Waals surface area contributed by atoms with E-state index in [0.29, 0.717) is 0 Å². The molecular formula is C14H10N3Na4O12PS2. The van der Waals surface area contributed by atoms with Crippen LogP contribution in [0.1, 0.15) is 21.6 Å². The van der Waals surface area contributed by atoms with Gasteiger partial charge in [0.15, 0.2) is 12.1 Å². The number of hydrogen-bond donors (Lipinski definition) is 1. The third kappa shape index (κ3) is 16.2. The number of carbonyl (C=O) groups is 1. The molecule has 0 radical (unpaired) electrons. The molecule has 1 N–H and O–H groups in total. The fourth-order valence-electron chi connectivity index (χ4n) is 1.98. The first-order valence-corrected chi connectivity index (χ1v) is 11.5. The summed E-state index contributed by atoms with van der Waals surface area (Å²) in [6.45, 7) is 0.362. The number of benzene rings is 1. The van der Waals surface area contributed by atoms with E-state index >= 15 is 0 Å². The van der Waals surface area contributed by atoms with Crippen LogP contribution in [0.4, 0.5) is 11.5 Å². The van der Waals surface area contributed by atoms with Gasteiger partial charge in [-0.05, 0) is 12.6 Å². The van der Waals surface area contributed by atoms with Crippen molar-refractivity contribution in [1.29, 1.82) is 0 Å². The molecule has 2 aromatic rings. The summed E-state index contributed by atoms with van der Waals surface area (Å²) in [5.41, 5.74) is -1.02. The van der Waals surface area contributed by atoms with Gasteiger partial charge in [-0.3, -0.25) is 4.79 Å². The summed E-state index contributed by atoms with van der Waals surface area (Å²) in [6.07, 6.45) is 0.180. The van der Waals surface area contributed by atoms with Crippen molar-refractivity contribution < 1.29 is 173 Å². The van der Waals surface area contributed by atoms with E-state index in [4.69, 9.17) is 12.6 Å². The Morgan fingerprint density at radius 3 is 2.17 bits per heavy atom. The van der Waals surface area contributed by atoms with Crippen LogP contribution in [0.5, 0.6) is 5.75 Å². The maximum Gasteiger partial charge on any atom is 1.00 e. The van der Waals surface area contributed by atoms with Crippen molar-refractivity contribution in [3.05, 3.63) is 41.1 Å². The Hall–Kier alpha value is 1.08. The molecule has 174 valence electrons. The van der Waals surface area contributed by atoms with Crippen molar-refractivity contribution >= 4 is 46.3 Å². The molecular weight excluding hydrogens is 589 g/mol. The Labute approximate surface area is 295 Å². The third-order valence-corrected chi connectivity index (χ3v) is 4.53. The summed E-state index contributed by atoms with van der Waals surface area (Å²) in [5.74, 6) is -0.958. The number of carbonyl (C=O) groups excluding carboxylic acids is 1. The zero-order valence-electron chi connectivity index (χ0n) is 19.6. The predicted molar refractivity (Wildman–Crippen MR) is 95.5 cm³/mol. The minimum absolute atomic E-state index is 0. The molecule has 0 fully saturated rings. The van der Waals surface area contributed by atoms with Crippen molar-refractivity contribution in [2.45, 2.75) is 18.4 Å². The van der Waals surface area contributed by atoms with Gasteiger partial charge >= 0.3 is 129 Å². The summed E-state index contributed by atoms with van der Waals surface area (Å²) in [6, 6.07) is 5.48. The Morgan fingerprint density at radius 1 is 1.19 bits per heavy atom. The van der Waals surface area contributed by atoms with Crippen molar-refractivity contribution in [2.75, 3.05) is 0 Å². The van der Waals surface area contributed by atoms with Crippen LogP contribution in [-0.2, 0) is 36.4 Å². The smallest absolute Gasteiger partial charge is 0.790 e. The van der Waals surface area contributed by atoms with E-state index in [1.807, 2.05) is 0 Å². The largest absolute Gasteiger partial charge is 1.00 e. The first kappa shape index (κ1) is 44.1. The second-order valence-corrected chi connectivity index (χ2v) is 8.31. The maximum absolute atomic E-state index is 11.3. The fourth-order valence-corrected chi connectivity index (χ4v) is 2.76. The van der Waals surface area contributed by atoms with Crippen LogP contribution in [0.2, 0.25) is 0 Å². The van der Waals surface area contributed by atoms with Crippen LogP contribution in [-0.4, -0.2) is 42.0 Å². The van der Waals surface area contributed by atoms with Crippen molar-refractivity contribution in [3.8, 4) is 5.75 Å². The molecule has 22 heteroatoms. The van der Waals surface area contributed by atoms with Crippen molar-refractivity contribution in [3.63, 3.8) is 0 Å². The normalized spacial score (nSPS) is 10.3. The summed E-state index contributed by atoms with van der Waals surface area (Å²) in [7, 11) is -13.3. The van der Waals surface area contributed by atoms with Crippen LogP contribution in [0.3, 0.4) is 0 Å². The zero-order valence-corrected chi connectivity index (χ0v) is 30.1. The summed E-state index contributed by atoms with van der Waals surface area (Å²) in [4.78, 5) is 35.9. The Kier molecular flexibility index (Phi) is 24.5. The summed E-state index contributed by atoms with van der Waals surface area (Å²) in [5, 5.41) is 17.2. The van der Waals surface area contributed by atoms with Gasteiger partial charge in [0.1, 0.15) is 15.9 Å². The number of aryl methyl sites for hydroxylation is 1. The molecule has 0 aliphatic heterocycles. The monoisotopic (exact) mass is 599 g/mol. The van der Waals surface area contributed by atoms with Gasteiger partial charge in [0.2, 0.25) is 0 Å². The van der Waals surface area contributed by atoms with Crippen LogP contribution >= 0.6 is 7.82 Å². The van der Waals surface area contributed by atoms with E-state index in [9.17, 15) is 37.2 Å². The van der Waals surface area contributed by atoms with Crippen LogP contribution in [0.25, 0.3) is 0 Å². The van der Waals surface area contributed by atoms with Gasteiger partial charge in [-0.15, -0.1) is 23.8 Å². The molecule has 1 heterocycles. The molecule has 2 rings (SSSR count). The second kappa shape index (κ2) is 20.0. The molecule has 1 aromatic carbocycles. The number of rotatable bonds is 7. The SMILES string of the molecule is Cc1nc(N=Nc2[c-]ccc(S(=O)(=O)[O-])c2)c(COP(=O)([O-])[O-])c(C=O)c1O.O=S(=O)=O.[Na+].[Na+].[Na+].[Na+]. The third-order valence-electron chi connectivity index (χ3n) is 3.25. The number of aromatic hydroxyl groups is 1. The molecule has 0 saturated heterocycles. The van der Waals surface area contributed by atoms with E-state index in [-0.39, 0.29) is 147 Å². The van der Waals surface area contributed by atoms with Crippen LogP contribution in [0, 0.1) is 13.0 Å². The molecule has 1 aromatic heterocycles. The Balaban J connectivity index is -0.000000595. The molecule has 15 nitrogen and oxygen atoms in total. The fraction of sp³-hybridized carbons (Fsp3) is 0.143. The number of pyridine rings is 1. The van der Waals surface area contributed by atoms with Crippen LogP contribution in [0.15, 0.2) is 33.3 Å². The molecule has 0 unspecified atom stereocenters. The number of phosphoric acid groups is 1. The van der Waals surface area contributed by atoms with Gasteiger partial charge in [-0.2, -0.15) is 23.3 Å². The molecule has 0 aliphatic rings. The molecule has 0 saturated carbocycles. The van der Waals surface area contributed by atoms with E-state index in [2.05, 4.69) is 25.8 Å². The molecule has 0 atom stereocenters. The quantitative estimate of drug-likeness (QED) is 0.0775. The second-order valence-electron chi connectivity index (χ2n) is 5.37. The van der Waals surface area contributed by atoms with E-state index in [1.165, 1.54) is 6.92 Å². The Bertz CT molecular complexity index is 1320. The zero-order chi connectivity index (χ0) is 24.7. The van der Waals surface area contributed by atoms with Crippen molar-refractivity contribution in [2.24, 2.45) is 10.2 Å². The van der Waals surface area contributed by atoms with Gasteiger partial charge in [-0.1, -0.05) is 4.90 Å². The number of aldehydes is 1. The number of hydrogen-bond acceptors (Lipinski definition) is 15. The number of azo groups is 1. The molecule has 0 aliphatic carbocycles. The first-order chi connectivity index (χ1) is 14.7. The summed E-state index contributed by atoms with van der Waals surface area (Å²) < 4.78 is 73.3. The molecule has 0 amide bonds. The molecule has 0 spiro atoms. The van der Waals surface area contributed by atoms with E-state index < -0.39 is 51.4 Å². The van der Waals surface area contributed by atoms with E-state index in [0.717, 1.165) is 18.2 Å². The van der Waals surface area contributed by atoms with Gasteiger partial charge in [0.25, 0.3) is 0 Å². The first-order valence-electron chi connectivity index (χ1n) is 7.66. The molecule has 36 heavy (non-hydrogen) atoms. The maximum atomic E-state index is 11.3. The minimum atomic E-state index is -5.42. The molecule has 0 bridgehead atoms. The van der Waals surface area contributed by atoms with Crippen LogP contribution < -0.4 is 128 Å². The number of aromatic nitrogens is 1. The predicted octanol–water partition coefficient (Wildman–Crippen LogP) is -12.6.